The number of hydrogen-bond donors (Lipinski definition) is 2. The molecule has 126 valence electrons. The Balaban J connectivity index is 1.81. The molecule has 0 aliphatic carbocycles. The minimum atomic E-state index is -0.253. The third kappa shape index (κ3) is 5.54. The molecule has 23 heavy (non-hydrogen) atoms. The van der Waals surface area contributed by atoms with Crippen LogP contribution in [0, 0.1) is 5.82 Å². The smallest absolute Gasteiger partial charge is 0.224 e. The summed E-state index contributed by atoms with van der Waals surface area (Å²) >= 11 is 0. The van der Waals surface area contributed by atoms with E-state index in [0.29, 0.717) is 31.0 Å². The van der Waals surface area contributed by atoms with Gasteiger partial charge in [-0.3, -0.25) is 4.79 Å². The topological polar surface area (TPSA) is 56.7 Å². The van der Waals surface area contributed by atoms with Gasteiger partial charge >= 0.3 is 0 Å². The molecule has 0 bridgehead atoms. The fourth-order valence-electron chi connectivity index (χ4n) is 2.55. The number of guanidine groups is 1. The van der Waals surface area contributed by atoms with E-state index in [0.717, 1.165) is 25.9 Å². The summed E-state index contributed by atoms with van der Waals surface area (Å²) in [6, 6.07) is 6.61. The molecule has 1 amide bonds. The maximum atomic E-state index is 13.6. The molecule has 6 heteroatoms. The van der Waals surface area contributed by atoms with Gasteiger partial charge in [0, 0.05) is 38.2 Å². The number of hydrogen-bond acceptors (Lipinski definition) is 2. The molecule has 1 saturated heterocycles. The van der Waals surface area contributed by atoms with Gasteiger partial charge < -0.3 is 15.5 Å². The molecule has 1 aromatic rings. The lowest BCUT2D eigenvalue weighted by Crippen LogP contribution is -2.39. The summed E-state index contributed by atoms with van der Waals surface area (Å²) in [5.74, 6) is 0.529. The Morgan fingerprint density at radius 3 is 2.70 bits per heavy atom. The van der Waals surface area contributed by atoms with Crippen molar-refractivity contribution in [2.24, 2.45) is 4.99 Å². The van der Waals surface area contributed by atoms with Crippen molar-refractivity contribution in [1.82, 2.24) is 15.5 Å². The van der Waals surface area contributed by atoms with Crippen LogP contribution in [0.3, 0.4) is 0 Å². The van der Waals surface area contributed by atoms with Gasteiger partial charge in [-0.15, -0.1) is 0 Å². The molecule has 5 nitrogen and oxygen atoms in total. The summed E-state index contributed by atoms with van der Waals surface area (Å²) in [5, 5.41) is 6.24. The average Bonchev–Trinajstić information content (AvgIpc) is 3.08. The lowest BCUT2D eigenvalue weighted by molar-refractivity contribution is -0.129. The number of amides is 1. The molecule has 1 heterocycles. The number of aliphatic imine (C=N–C) groups is 1. The number of likely N-dealkylation sites (tertiary alicyclic amines) is 1. The van der Waals surface area contributed by atoms with Gasteiger partial charge in [0.2, 0.25) is 5.91 Å². The van der Waals surface area contributed by atoms with Crippen molar-refractivity contribution in [3.63, 3.8) is 0 Å². The van der Waals surface area contributed by atoms with Gasteiger partial charge in [-0.05, 0) is 25.8 Å². The van der Waals surface area contributed by atoms with Crippen LogP contribution in [0.15, 0.2) is 29.3 Å². The van der Waals surface area contributed by atoms with Crippen LogP contribution in [-0.4, -0.2) is 42.9 Å². The molecule has 1 fully saturated rings. The molecular weight excluding hydrogens is 295 g/mol. The molecule has 2 rings (SSSR count). The summed E-state index contributed by atoms with van der Waals surface area (Å²) in [6.45, 7) is 5.22. The summed E-state index contributed by atoms with van der Waals surface area (Å²) in [5.41, 5.74) is 0.554. The lowest BCUT2D eigenvalue weighted by Gasteiger charge is -2.16. The van der Waals surface area contributed by atoms with Crippen LogP contribution in [0.5, 0.6) is 0 Å². The molecule has 0 spiro atoms. The van der Waals surface area contributed by atoms with E-state index in [2.05, 4.69) is 15.6 Å². The molecule has 1 aliphatic rings. The maximum Gasteiger partial charge on any atom is 0.224 e. The predicted octanol–water partition coefficient (Wildman–Crippen LogP) is 1.89. The van der Waals surface area contributed by atoms with E-state index in [9.17, 15) is 9.18 Å². The molecule has 2 N–H and O–H groups in total. The molecule has 0 saturated carbocycles. The minimum Gasteiger partial charge on any atom is -0.357 e. The second-order valence-electron chi connectivity index (χ2n) is 5.55. The second-order valence-corrected chi connectivity index (χ2v) is 5.55. The Morgan fingerprint density at radius 1 is 1.26 bits per heavy atom. The third-order valence-electron chi connectivity index (χ3n) is 3.80. The largest absolute Gasteiger partial charge is 0.357 e. The number of nitrogens with one attached hydrogen (secondary N) is 2. The van der Waals surface area contributed by atoms with Gasteiger partial charge in [-0.25, -0.2) is 9.38 Å². The van der Waals surface area contributed by atoms with Crippen LogP contribution in [-0.2, 0) is 11.3 Å². The number of carbonyl (C=O) groups is 1. The van der Waals surface area contributed by atoms with Crippen molar-refractivity contribution in [2.75, 3.05) is 26.2 Å². The van der Waals surface area contributed by atoms with E-state index in [-0.39, 0.29) is 18.3 Å². The highest BCUT2D eigenvalue weighted by atomic mass is 19.1. The highest BCUT2D eigenvalue weighted by Crippen LogP contribution is 2.09. The van der Waals surface area contributed by atoms with Crippen LogP contribution in [0.25, 0.3) is 0 Å². The summed E-state index contributed by atoms with van der Waals surface area (Å²) in [7, 11) is 0. The highest BCUT2D eigenvalue weighted by Gasteiger charge is 2.17. The van der Waals surface area contributed by atoms with Crippen molar-refractivity contribution >= 4 is 11.9 Å². The Bertz CT molecular complexity index is 541. The number of carbonyl (C=O) groups excluding carboxylic acids is 1. The van der Waals surface area contributed by atoms with Gasteiger partial charge in [0.05, 0.1) is 6.54 Å². The molecule has 0 aromatic heterocycles. The molecule has 0 radical (unpaired) electrons. The van der Waals surface area contributed by atoms with Gasteiger partial charge in [-0.1, -0.05) is 18.2 Å². The summed E-state index contributed by atoms with van der Waals surface area (Å²) < 4.78 is 13.6. The molecule has 1 aromatic carbocycles. The Kier molecular flexibility index (Phi) is 6.84. The summed E-state index contributed by atoms with van der Waals surface area (Å²) in [4.78, 5) is 18.3. The number of halogens is 1. The first-order valence-electron chi connectivity index (χ1n) is 8.24. The molecule has 1 aliphatic heterocycles. The first-order chi connectivity index (χ1) is 11.2. The maximum absolute atomic E-state index is 13.6. The minimum absolute atomic E-state index is 0.181. The monoisotopic (exact) mass is 320 g/mol. The standard InChI is InChI=1S/C17H25FN4O/c1-2-19-17(21-13-14-7-3-4-8-15(14)18)20-10-9-16(23)22-11-5-6-12-22/h3-4,7-8H,2,5-6,9-13H2,1H3,(H2,19,20,21). The van der Waals surface area contributed by atoms with Crippen molar-refractivity contribution in [3.05, 3.63) is 35.6 Å². The molecular formula is C17H25FN4O. The van der Waals surface area contributed by atoms with E-state index in [1.807, 2.05) is 11.8 Å². The van der Waals surface area contributed by atoms with Crippen molar-refractivity contribution in [3.8, 4) is 0 Å². The van der Waals surface area contributed by atoms with Gasteiger partial charge in [-0.2, -0.15) is 0 Å². The zero-order valence-corrected chi connectivity index (χ0v) is 13.6. The predicted molar refractivity (Wildman–Crippen MR) is 89.6 cm³/mol. The van der Waals surface area contributed by atoms with Crippen LogP contribution in [0.2, 0.25) is 0 Å². The number of rotatable bonds is 6. The van der Waals surface area contributed by atoms with Crippen LogP contribution in [0.4, 0.5) is 4.39 Å². The Hall–Kier alpha value is -2.11. The van der Waals surface area contributed by atoms with Crippen LogP contribution >= 0.6 is 0 Å². The lowest BCUT2D eigenvalue weighted by atomic mass is 10.2. The van der Waals surface area contributed by atoms with Crippen molar-refractivity contribution in [1.29, 1.82) is 0 Å². The highest BCUT2D eigenvalue weighted by molar-refractivity contribution is 5.81. The van der Waals surface area contributed by atoms with E-state index < -0.39 is 0 Å². The van der Waals surface area contributed by atoms with Gasteiger partial charge in [0.15, 0.2) is 5.96 Å². The van der Waals surface area contributed by atoms with Crippen molar-refractivity contribution in [2.45, 2.75) is 32.7 Å². The Labute approximate surface area is 137 Å². The first-order valence-corrected chi connectivity index (χ1v) is 8.24. The Morgan fingerprint density at radius 2 is 2.00 bits per heavy atom. The summed E-state index contributed by atoms with van der Waals surface area (Å²) in [6.07, 6.45) is 2.65. The van der Waals surface area contributed by atoms with E-state index >= 15 is 0 Å². The quantitative estimate of drug-likeness (QED) is 0.622. The number of benzene rings is 1. The third-order valence-corrected chi connectivity index (χ3v) is 3.80. The SMILES string of the molecule is CCNC(=NCc1ccccc1F)NCCC(=O)N1CCCC1. The zero-order valence-electron chi connectivity index (χ0n) is 13.6. The fraction of sp³-hybridized carbons (Fsp3) is 0.529. The number of nitrogens with zero attached hydrogens (tertiary/aromatic N) is 2. The fourth-order valence-corrected chi connectivity index (χ4v) is 2.55. The zero-order chi connectivity index (χ0) is 16.5. The van der Waals surface area contributed by atoms with E-state index in [1.165, 1.54) is 6.07 Å². The van der Waals surface area contributed by atoms with E-state index in [4.69, 9.17) is 0 Å². The van der Waals surface area contributed by atoms with Crippen LogP contribution < -0.4 is 10.6 Å². The average molecular weight is 320 g/mol. The van der Waals surface area contributed by atoms with Crippen LogP contribution in [0.1, 0.15) is 31.7 Å². The van der Waals surface area contributed by atoms with Gasteiger partial charge in [0.1, 0.15) is 5.82 Å². The second kappa shape index (κ2) is 9.12. The van der Waals surface area contributed by atoms with Crippen molar-refractivity contribution < 1.29 is 9.18 Å². The molecule has 0 unspecified atom stereocenters. The normalized spacial score (nSPS) is 14.9. The van der Waals surface area contributed by atoms with Gasteiger partial charge in [0.25, 0.3) is 0 Å². The van der Waals surface area contributed by atoms with E-state index in [1.54, 1.807) is 18.2 Å². The first kappa shape index (κ1) is 17.2. The molecule has 0 atom stereocenters.